The third kappa shape index (κ3) is 3.61. The summed E-state index contributed by atoms with van der Waals surface area (Å²) >= 11 is 0. The minimum absolute atomic E-state index is 0.0195. The van der Waals surface area contributed by atoms with Crippen molar-refractivity contribution in [2.45, 2.75) is 87.9 Å². The molecule has 0 aromatic heterocycles. The summed E-state index contributed by atoms with van der Waals surface area (Å²) in [5.41, 5.74) is 3.71. The summed E-state index contributed by atoms with van der Waals surface area (Å²) in [6, 6.07) is 8.88. The molecule has 10 rings (SSSR count). The molecule has 0 aliphatic heterocycles. The maximum Gasteiger partial charge on any atom is 0.127 e. The predicted molar refractivity (Wildman–Crippen MR) is 149 cm³/mol. The third-order valence-electron chi connectivity index (χ3n) is 12.0. The van der Waals surface area contributed by atoms with Crippen molar-refractivity contribution >= 4 is 10.8 Å². The molecule has 2 aromatic carbocycles. The number of hydrogen-bond acceptors (Lipinski definition) is 4. The first-order valence-corrected chi connectivity index (χ1v) is 15.7. The molecule has 0 amide bonds. The second kappa shape index (κ2) is 8.86. The van der Waals surface area contributed by atoms with Gasteiger partial charge in [-0.2, -0.15) is 0 Å². The zero-order valence-electron chi connectivity index (χ0n) is 22.8. The van der Waals surface area contributed by atoms with Gasteiger partial charge in [-0.1, -0.05) is 12.1 Å². The van der Waals surface area contributed by atoms with Gasteiger partial charge >= 0.3 is 0 Å². The molecule has 8 aliphatic rings. The third-order valence-corrected chi connectivity index (χ3v) is 12.0. The maximum absolute atomic E-state index is 9.70. The molecule has 0 spiro atoms. The highest BCUT2D eigenvalue weighted by Gasteiger charge is 2.57. The highest BCUT2D eigenvalue weighted by molar-refractivity contribution is 5.98. The van der Waals surface area contributed by atoms with Crippen LogP contribution < -0.4 is 9.47 Å². The normalized spacial score (nSPS) is 40.3. The first-order chi connectivity index (χ1) is 18.6. The van der Waals surface area contributed by atoms with Crippen molar-refractivity contribution in [2.24, 2.45) is 35.5 Å². The van der Waals surface area contributed by atoms with Gasteiger partial charge in [-0.05, 0) is 147 Å². The van der Waals surface area contributed by atoms with Crippen LogP contribution in [0.1, 0.15) is 88.2 Å². The van der Waals surface area contributed by atoms with Crippen LogP contribution in [0.4, 0.5) is 0 Å². The van der Waals surface area contributed by atoms with Gasteiger partial charge in [-0.25, -0.2) is 0 Å². The van der Waals surface area contributed by atoms with Crippen molar-refractivity contribution in [3.05, 3.63) is 35.4 Å². The molecule has 0 heterocycles. The van der Waals surface area contributed by atoms with Crippen molar-refractivity contribution < 1.29 is 19.7 Å². The lowest BCUT2D eigenvalue weighted by atomic mass is 9.44. The summed E-state index contributed by atoms with van der Waals surface area (Å²) in [4.78, 5) is 0. The lowest BCUT2D eigenvalue weighted by Crippen LogP contribution is -2.52. The first kappa shape index (κ1) is 24.1. The van der Waals surface area contributed by atoms with E-state index in [2.05, 4.69) is 24.3 Å². The fourth-order valence-corrected chi connectivity index (χ4v) is 11.8. The molecule has 0 saturated heterocycles. The number of ether oxygens (including phenoxy) is 2. The molecule has 2 N–H and O–H groups in total. The van der Waals surface area contributed by atoms with Crippen LogP contribution in [0.25, 0.3) is 10.8 Å². The van der Waals surface area contributed by atoms with E-state index >= 15 is 0 Å². The average Bonchev–Trinajstić information content (AvgIpc) is 2.88. The first-order valence-electron chi connectivity index (χ1n) is 15.7. The zero-order chi connectivity index (χ0) is 25.5. The molecule has 4 nitrogen and oxygen atoms in total. The van der Waals surface area contributed by atoms with Crippen LogP contribution in [0.15, 0.2) is 24.3 Å². The number of fused-ring (bicyclic) bond motifs is 1. The molecule has 0 radical (unpaired) electrons. The number of benzene rings is 2. The van der Waals surface area contributed by atoms with Crippen molar-refractivity contribution in [2.75, 3.05) is 26.4 Å². The topological polar surface area (TPSA) is 58.9 Å². The highest BCUT2D eigenvalue weighted by Crippen LogP contribution is 2.67. The van der Waals surface area contributed by atoms with Crippen molar-refractivity contribution in [1.82, 2.24) is 0 Å². The number of aliphatic hydroxyl groups is 2. The predicted octanol–water partition coefficient (Wildman–Crippen LogP) is 6.52. The lowest BCUT2D eigenvalue weighted by molar-refractivity contribution is -0.0170. The summed E-state index contributed by atoms with van der Waals surface area (Å²) < 4.78 is 12.7. The van der Waals surface area contributed by atoms with E-state index in [9.17, 15) is 10.2 Å². The summed E-state index contributed by atoms with van der Waals surface area (Å²) in [5.74, 6) is 7.09. The monoisotopic (exact) mass is 516 g/mol. The Labute approximate surface area is 227 Å². The van der Waals surface area contributed by atoms with Crippen LogP contribution in [0.5, 0.6) is 11.5 Å². The number of rotatable bonds is 8. The van der Waals surface area contributed by atoms with Gasteiger partial charge in [0, 0.05) is 10.8 Å². The van der Waals surface area contributed by atoms with Gasteiger partial charge in [0.05, 0.1) is 13.2 Å². The molecule has 8 saturated carbocycles. The van der Waals surface area contributed by atoms with E-state index in [4.69, 9.17) is 9.47 Å². The molecule has 38 heavy (non-hydrogen) atoms. The Balaban J connectivity index is 1.41. The van der Waals surface area contributed by atoms with Gasteiger partial charge in [0.25, 0.3) is 0 Å². The van der Waals surface area contributed by atoms with Gasteiger partial charge in [0.1, 0.15) is 24.7 Å². The highest BCUT2D eigenvalue weighted by atomic mass is 16.5. The SMILES string of the molecule is OCCOc1cc(C23CC4CC(CC(C4)C2)C3)c(C23CC4CC(CC(C4)C2)C3)c2c(OCCO)cccc12. The van der Waals surface area contributed by atoms with Crippen molar-refractivity contribution in [1.29, 1.82) is 0 Å². The minimum atomic E-state index is 0.0195. The molecule has 8 aliphatic carbocycles. The Bertz CT molecular complexity index is 1150. The minimum Gasteiger partial charge on any atom is -0.491 e. The number of hydrogen-bond donors (Lipinski definition) is 2. The Morgan fingerprint density at radius 1 is 0.632 bits per heavy atom. The van der Waals surface area contributed by atoms with E-state index in [1.54, 1.807) is 11.1 Å². The molecule has 8 fully saturated rings. The van der Waals surface area contributed by atoms with Gasteiger partial charge in [-0.3, -0.25) is 0 Å². The molecular formula is C34H44O4. The molecule has 0 unspecified atom stereocenters. The van der Waals surface area contributed by atoms with Gasteiger partial charge in [0.2, 0.25) is 0 Å². The molecule has 204 valence electrons. The van der Waals surface area contributed by atoms with Crippen LogP contribution in [-0.4, -0.2) is 36.6 Å². The van der Waals surface area contributed by atoms with E-state index in [0.717, 1.165) is 52.4 Å². The lowest BCUT2D eigenvalue weighted by Gasteiger charge is -2.61. The van der Waals surface area contributed by atoms with E-state index in [-0.39, 0.29) is 24.0 Å². The molecule has 0 atom stereocenters. The Kier molecular flexibility index (Phi) is 5.61. The van der Waals surface area contributed by atoms with Crippen LogP contribution >= 0.6 is 0 Å². The Morgan fingerprint density at radius 3 is 1.61 bits per heavy atom. The van der Waals surface area contributed by atoms with Gasteiger partial charge in [-0.15, -0.1) is 0 Å². The van der Waals surface area contributed by atoms with Crippen molar-refractivity contribution in [3.63, 3.8) is 0 Å². The van der Waals surface area contributed by atoms with Crippen LogP contribution in [0.3, 0.4) is 0 Å². The summed E-state index contributed by atoms with van der Waals surface area (Å²) in [6.07, 6.45) is 16.7. The van der Waals surface area contributed by atoms with Crippen molar-refractivity contribution in [3.8, 4) is 11.5 Å². The number of aliphatic hydroxyl groups excluding tert-OH is 2. The molecule has 2 aromatic rings. The van der Waals surface area contributed by atoms with E-state index in [0.29, 0.717) is 13.2 Å². The average molecular weight is 517 g/mol. The standard InChI is InChI=1S/C34H44O4/c35-4-6-37-29-3-1-2-27-30(38-7-5-36)14-28(33-15-21-8-22(16-33)10-23(9-21)17-33)32(31(27)29)34-18-24-11-25(19-34)13-26(12-24)20-34/h1-3,14,21-26,35-36H,4-13,15-20H2. The van der Waals surface area contributed by atoms with E-state index in [1.165, 1.54) is 82.4 Å². The largest absolute Gasteiger partial charge is 0.491 e. The summed E-state index contributed by atoms with van der Waals surface area (Å²) in [7, 11) is 0. The fourth-order valence-electron chi connectivity index (χ4n) is 11.8. The Morgan fingerprint density at radius 2 is 1.11 bits per heavy atom. The van der Waals surface area contributed by atoms with Gasteiger partial charge in [0.15, 0.2) is 0 Å². The van der Waals surface area contributed by atoms with Crippen LogP contribution in [-0.2, 0) is 10.8 Å². The fraction of sp³-hybridized carbons (Fsp3) is 0.706. The Hall–Kier alpha value is -1.78. The summed E-state index contributed by atoms with van der Waals surface area (Å²) in [6.45, 7) is 0.666. The smallest absolute Gasteiger partial charge is 0.127 e. The summed E-state index contributed by atoms with van der Waals surface area (Å²) in [5, 5.41) is 21.8. The van der Waals surface area contributed by atoms with Crippen LogP contribution in [0, 0.1) is 35.5 Å². The van der Waals surface area contributed by atoms with Gasteiger partial charge < -0.3 is 19.7 Å². The second-order valence-corrected chi connectivity index (χ2v) is 14.5. The van der Waals surface area contributed by atoms with E-state index < -0.39 is 0 Å². The van der Waals surface area contributed by atoms with Crippen LogP contribution in [0.2, 0.25) is 0 Å². The maximum atomic E-state index is 9.70. The zero-order valence-corrected chi connectivity index (χ0v) is 22.8. The quantitative estimate of drug-likeness (QED) is 0.420. The molecular weight excluding hydrogens is 472 g/mol. The second-order valence-electron chi connectivity index (χ2n) is 14.5. The molecule has 8 bridgehead atoms. The van der Waals surface area contributed by atoms with E-state index in [1.807, 2.05) is 0 Å². The molecule has 4 heteroatoms.